The van der Waals surface area contributed by atoms with Crippen molar-refractivity contribution in [2.24, 2.45) is 5.92 Å². The molecule has 0 bridgehead atoms. The van der Waals surface area contributed by atoms with Crippen LogP contribution < -0.4 is 0 Å². The zero-order valence-electron chi connectivity index (χ0n) is 12.1. The van der Waals surface area contributed by atoms with Crippen molar-refractivity contribution in [2.45, 2.75) is 51.1 Å². The molecule has 1 aromatic carbocycles. The van der Waals surface area contributed by atoms with E-state index in [0.29, 0.717) is 5.92 Å². The van der Waals surface area contributed by atoms with Gasteiger partial charge in [0.15, 0.2) is 0 Å². The maximum Gasteiger partial charge on any atom is 0.392 e. The maximum absolute atomic E-state index is 13.3. The van der Waals surface area contributed by atoms with E-state index in [9.17, 15) is 17.6 Å². The molecule has 0 unspecified atom stereocenters. The molecule has 1 saturated carbocycles. The van der Waals surface area contributed by atoms with Crippen molar-refractivity contribution in [3.8, 4) is 0 Å². The third kappa shape index (κ3) is 4.87. The molecular formula is C17H20F4. The fourth-order valence-electron chi connectivity index (χ4n) is 3.07. The van der Waals surface area contributed by atoms with Crippen molar-refractivity contribution >= 4 is 0 Å². The van der Waals surface area contributed by atoms with Crippen LogP contribution in [0.3, 0.4) is 0 Å². The van der Waals surface area contributed by atoms with Crippen LogP contribution in [0.25, 0.3) is 0 Å². The highest BCUT2D eigenvalue weighted by atomic mass is 19.4. The first kappa shape index (κ1) is 16.1. The lowest BCUT2D eigenvalue weighted by molar-refractivity contribution is -0.125. The van der Waals surface area contributed by atoms with E-state index in [1.165, 1.54) is 12.1 Å². The summed E-state index contributed by atoms with van der Waals surface area (Å²) in [5.41, 5.74) is 2.14. The number of alkyl halides is 3. The van der Waals surface area contributed by atoms with E-state index in [1.807, 2.05) is 6.92 Å². The maximum atomic E-state index is 13.3. The zero-order valence-corrected chi connectivity index (χ0v) is 12.1. The van der Waals surface area contributed by atoms with Crippen molar-refractivity contribution in [2.75, 3.05) is 0 Å². The van der Waals surface area contributed by atoms with Gasteiger partial charge in [0.05, 0.1) is 6.42 Å². The molecule has 1 aliphatic carbocycles. The molecule has 0 atom stereocenters. The van der Waals surface area contributed by atoms with Gasteiger partial charge in [-0.1, -0.05) is 18.2 Å². The largest absolute Gasteiger partial charge is 0.392 e. The van der Waals surface area contributed by atoms with Crippen LogP contribution in [0.15, 0.2) is 30.4 Å². The number of allylic oxidation sites excluding steroid dienone is 2. The van der Waals surface area contributed by atoms with Gasteiger partial charge < -0.3 is 0 Å². The second-order valence-corrected chi connectivity index (χ2v) is 5.86. The van der Waals surface area contributed by atoms with Crippen molar-refractivity contribution in [1.82, 2.24) is 0 Å². The Hall–Kier alpha value is -1.32. The van der Waals surface area contributed by atoms with Crippen molar-refractivity contribution in [3.63, 3.8) is 0 Å². The van der Waals surface area contributed by atoms with Gasteiger partial charge in [-0.15, -0.1) is 0 Å². The topological polar surface area (TPSA) is 0 Å². The Morgan fingerprint density at radius 2 is 1.81 bits per heavy atom. The van der Waals surface area contributed by atoms with Gasteiger partial charge in [-0.25, -0.2) is 4.39 Å². The summed E-state index contributed by atoms with van der Waals surface area (Å²) in [4.78, 5) is 0. The van der Waals surface area contributed by atoms with E-state index in [2.05, 4.69) is 0 Å². The number of rotatable bonds is 3. The van der Waals surface area contributed by atoms with Gasteiger partial charge in [0.25, 0.3) is 0 Å². The first-order valence-corrected chi connectivity index (χ1v) is 7.34. The van der Waals surface area contributed by atoms with Crippen molar-refractivity contribution in [1.29, 1.82) is 0 Å². The molecule has 0 aliphatic heterocycles. The zero-order chi connectivity index (χ0) is 15.5. The molecule has 0 nitrogen and oxygen atoms in total. The molecule has 1 aromatic rings. The lowest BCUT2D eigenvalue weighted by Gasteiger charge is -2.28. The Balaban J connectivity index is 1.90. The van der Waals surface area contributed by atoms with Gasteiger partial charge in [0.1, 0.15) is 5.82 Å². The molecule has 4 heteroatoms. The van der Waals surface area contributed by atoms with E-state index in [-0.39, 0.29) is 11.7 Å². The molecule has 0 saturated heterocycles. The number of hydrogen-bond acceptors (Lipinski definition) is 0. The van der Waals surface area contributed by atoms with E-state index >= 15 is 0 Å². The molecule has 0 aromatic heterocycles. The van der Waals surface area contributed by atoms with Crippen LogP contribution in [0.2, 0.25) is 0 Å². The molecular weight excluding hydrogens is 280 g/mol. The molecule has 1 fully saturated rings. The summed E-state index contributed by atoms with van der Waals surface area (Å²) >= 11 is 0. The number of halogens is 4. The van der Waals surface area contributed by atoms with Crippen LogP contribution in [0.5, 0.6) is 0 Å². The third-order valence-corrected chi connectivity index (χ3v) is 4.21. The summed E-state index contributed by atoms with van der Waals surface area (Å²) in [7, 11) is 0. The molecule has 0 N–H and O–H groups in total. The third-order valence-electron chi connectivity index (χ3n) is 4.21. The molecule has 21 heavy (non-hydrogen) atoms. The summed E-state index contributed by atoms with van der Waals surface area (Å²) < 4.78 is 49.6. The van der Waals surface area contributed by atoms with Crippen LogP contribution in [0, 0.1) is 18.7 Å². The average Bonchev–Trinajstić information content (AvgIpc) is 2.41. The standard InChI is InChI=1S/C17H20F4/c1-12-4-9-15(18)11-16(12)14-7-5-13(6-8-14)3-2-10-17(19,20)21/h2-4,9,11,13-14H,5-8,10H2,1H3/b3-2+. The predicted molar refractivity (Wildman–Crippen MR) is 75.6 cm³/mol. The second kappa shape index (κ2) is 6.63. The lowest BCUT2D eigenvalue weighted by Crippen LogP contribution is -2.13. The van der Waals surface area contributed by atoms with Crippen LogP contribution in [-0.4, -0.2) is 6.18 Å². The van der Waals surface area contributed by atoms with Crippen molar-refractivity contribution in [3.05, 3.63) is 47.3 Å². The summed E-state index contributed by atoms with van der Waals surface area (Å²) in [6, 6.07) is 4.85. The lowest BCUT2D eigenvalue weighted by atomic mass is 9.77. The highest BCUT2D eigenvalue weighted by molar-refractivity contribution is 5.30. The van der Waals surface area contributed by atoms with E-state index in [1.54, 1.807) is 18.2 Å². The summed E-state index contributed by atoms with van der Waals surface area (Å²) in [6.45, 7) is 1.98. The van der Waals surface area contributed by atoms with Crippen LogP contribution in [-0.2, 0) is 0 Å². The van der Waals surface area contributed by atoms with Gasteiger partial charge in [-0.3, -0.25) is 0 Å². The minimum absolute atomic E-state index is 0.220. The Morgan fingerprint density at radius 3 is 2.43 bits per heavy atom. The highest BCUT2D eigenvalue weighted by Crippen LogP contribution is 2.38. The fraction of sp³-hybridized carbons (Fsp3) is 0.529. The average molecular weight is 300 g/mol. The highest BCUT2D eigenvalue weighted by Gasteiger charge is 2.26. The monoisotopic (exact) mass is 300 g/mol. The molecule has 0 heterocycles. The second-order valence-electron chi connectivity index (χ2n) is 5.86. The molecule has 2 rings (SSSR count). The van der Waals surface area contributed by atoms with Crippen LogP contribution in [0.1, 0.15) is 49.1 Å². The van der Waals surface area contributed by atoms with Gasteiger partial charge >= 0.3 is 6.18 Å². The SMILES string of the molecule is Cc1ccc(F)cc1C1CCC(/C=C/CC(F)(F)F)CC1. The first-order valence-electron chi connectivity index (χ1n) is 7.34. The van der Waals surface area contributed by atoms with Crippen LogP contribution >= 0.6 is 0 Å². The molecule has 116 valence electrons. The minimum atomic E-state index is -4.12. The minimum Gasteiger partial charge on any atom is -0.207 e. The molecule has 0 spiro atoms. The summed E-state index contributed by atoms with van der Waals surface area (Å²) in [6.07, 6.45) is 1.52. The van der Waals surface area contributed by atoms with E-state index in [4.69, 9.17) is 0 Å². The smallest absolute Gasteiger partial charge is 0.207 e. The van der Waals surface area contributed by atoms with Gasteiger partial charge in [0, 0.05) is 0 Å². The Bertz CT molecular complexity index is 494. The number of hydrogen-bond donors (Lipinski definition) is 0. The normalized spacial score (nSPS) is 23.7. The van der Waals surface area contributed by atoms with E-state index in [0.717, 1.165) is 36.8 Å². The summed E-state index contributed by atoms with van der Waals surface area (Å²) in [5.74, 6) is 0.327. The quantitative estimate of drug-likeness (QED) is 0.480. The van der Waals surface area contributed by atoms with Crippen LogP contribution in [0.4, 0.5) is 17.6 Å². The van der Waals surface area contributed by atoms with Gasteiger partial charge in [-0.2, -0.15) is 13.2 Å². The Morgan fingerprint density at radius 1 is 1.14 bits per heavy atom. The van der Waals surface area contributed by atoms with Crippen molar-refractivity contribution < 1.29 is 17.6 Å². The van der Waals surface area contributed by atoms with Gasteiger partial charge in [-0.05, 0) is 67.7 Å². The molecule has 1 aliphatic rings. The molecule has 0 radical (unpaired) electrons. The predicted octanol–water partition coefficient (Wildman–Crippen LogP) is 5.92. The van der Waals surface area contributed by atoms with E-state index < -0.39 is 12.6 Å². The molecule has 0 amide bonds. The Kier molecular flexibility index (Phi) is 5.07. The van der Waals surface area contributed by atoms with Gasteiger partial charge in [0.2, 0.25) is 0 Å². The number of benzene rings is 1. The first-order chi connectivity index (χ1) is 9.85. The summed E-state index contributed by atoms with van der Waals surface area (Å²) in [5, 5.41) is 0. The Labute approximate surface area is 122 Å². The number of aryl methyl sites for hydroxylation is 1. The fourth-order valence-corrected chi connectivity index (χ4v) is 3.07.